The number of amides is 2. The second kappa shape index (κ2) is 9.69. The van der Waals surface area contributed by atoms with Gasteiger partial charge in [-0.15, -0.1) is 0 Å². The topological polar surface area (TPSA) is 79.8 Å². The average molecular weight is 379 g/mol. The molecule has 0 unspecified atom stereocenters. The van der Waals surface area contributed by atoms with Crippen molar-refractivity contribution < 1.29 is 14.3 Å². The summed E-state index contributed by atoms with van der Waals surface area (Å²) in [5.74, 6) is 0.522. The first-order valence-electron chi connectivity index (χ1n) is 9.54. The molecule has 3 rings (SSSR count). The van der Waals surface area contributed by atoms with Gasteiger partial charge < -0.3 is 10.1 Å². The Kier molecular flexibility index (Phi) is 6.78. The number of benzene rings is 2. The molecule has 0 saturated heterocycles. The monoisotopic (exact) mass is 379 g/mol. The summed E-state index contributed by atoms with van der Waals surface area (Å²) in [4.78, 5) is 24.5. The summed E-state index contributed by atoms with van der Waals surface area (Å²) < 4.78 is 5.24. The molecule has 2 aromatic carbocycles. The molecule has 28 heavy (non-hydrogen) atoms. The number of nitrogens with zero attached hydrogens (tertiary/aromatic N) is 1. The van der Waals surface area contributed by atoms with Gasteiger partial charge in [0.1, 0.15) is 5.75 Å². The Labute approximate surface area is 165 Å². The van der Waals surface area contributed by atoms with Crippen molar-refractivity contribution in [1.29, 1.82) is 0 Å². The van der Waals surface area contributed by atoms with Gasteiger partial charge in [0.15, 0.2) is 0 Å². The minimum absolute atomic E-state index is 0.0679. The zero-order chi connectivity index (χ0) is 19.8. The average Bonchev–Trinajstić information content (AvgIpc) is 2.75. The highest BCUT2D eigenvalue weighted by Gasteiger charge is 2.21. The number of para-hydroxylation sites is 1. The molecule has 1 aliphatic rings. The molecule has 6 nitrogen and oxygen atoms in total. The van der Waals surface area contributed by atoms with Crippen molar-refractivity contribution in [1.82, 2.24) is 5.43 Å². The maximum atomic E-state index is 12.3. The zero-order valence-corrected chi connectivity index (χ0v) is 16.0. The van der Waals surface area contributed by atoms with E-state index < -0.39 is 0 Å². The lowest BCUT2D eigenvalue weighted by molar-refractivity contribution is -0.120. The number of hydrogen-bond acceptors (Lipinski definition) is 4. The summed E-state index contributed by atoms with van der Waals surface area (Å²) in [5, 5.41) is 6.93. The Morgan fingerprint density at radius 1 is 1.04 bits per heavy atom. The summed E-state index contributed by atoms with van der Waals surface area (Å²) in [7, 11) is 1.58. The van der Waals surface area contributed by atoms with E-state index >= 15 is 0 Å². The lowest BCUT2D eigenvalue weighted by atomic mass is 9.88. The zero-order valence-electron chi connectivity index (χ0n) is 16.0. The molecule has 0 radical (unpaired) electrons. The molecule has 0 aromatic heterocycles. The summed E-state index contributed by atoms with van der Waals surface area (Å²) in [6.45, 7) is 0. The third-order valence-corrected chi connectivity index (χ3v) is 4.90. The van der Waals surface area contributed by atoms with Crippen LogP contribution < -0.4 is 15.5 Å². The maximum absolute atomic E-state index is 12.3. The lowest BCUT2D eigenvalue weighted by Crippen LogP contribution is -2.24. The quantitative estimate of drug-likeness (QED) is 0.588. The maximum Gasteiger partial charge on any atom is 0.271 e. The molecule has 2 aromatic rings. The third kappa shape index (κ3) is 5.19. The van der Waals surface area contributed by atoms with Crippen LogP contribution in [0.3, 0.4) is 0 Å². The van der Waals surface area contributed by atoms with E-state index in [0.717, 1.165) is 31.2 Å². The highest BCUT2D eigenvalue weighted by atomic mass is 16.5. The fourth-order valence-electron chi connectivity index (χ4n) is 3.31. The van der Waals surface area contributed by atoms with Crippen LogP contribution in [0.2, 0.25) is 0 Å². The molecule has 146 valence electrons. The minimum atomic E-state index is -0.323. The van der Waals surface area contributed by atoms with Gasteiger partial charge in [0.25, 0.3) is 5.91 Å². The van der Waals surface area contributed by atoms with Crippen molar-refractivity contribution in [3.05, 3.63) is 59.7 Å². The third-order valence-electron chi connectivity index (χ3n) is 4.90. The normalized spacial score (nSPS) is 14.6. The van der Waals surface area contributed by atoms with Gasteiger partial charge in [0, 0.05) is 22.7 Å². The number of methoxy groups -OCH3 is 1. The van der Waals surface area contributed by atoms with E-state index in [1.807, 2.05) is 24.3 Å². The highest BCUT2D eigenvalue weighted by molar-refractivity contribution is 5.96. The lowest BCUT2D eigenvalue weighted by Gasteiger charge is -2.20. The Balaban J connectivity index is 1.54. The van der Waals surface area contributed by atoms with Gasteiger partial charge in [-0.2, -0.15) is 5.10 Å². The second-order valence-corrected chi connectivity index (χ2v) is 6.84. The second-order valence-electron chi connectivity index (χ2n) is 6.84. The number of hydrazone groups is 1. The standard InChI is InChI=1S/C22H25N3O3/c1-28-20-10-6-5-9-18(20)15-23-25-22(27)17-11-13-19(14-12-17)24-21(26)16-7-3-2-4-8-16/h5-6,9-16H,2-4,7-8H2,1H3,(H,24,26)(H,25,27)/b23-15-. The van der Waals surface area contributed by atoms with Crippen LogP contribution in [0.25, 0.3) is 0 Å². The number of anilines is 1. The van der Waals surface area contributed by atoms with Crippen LogP contribution in [-0.2, 0) is 4.79 Å². The van der Waals surface area contributed by atoms with Crippen LogP contribution in [0, 0.1) is 5.92 Å². The van der Waals surface area contributed by atoms with Crippen molar-refractivity contribution in [3.8, 4) is 5.75 Å². The van der Waals surface area contributed by atoms with Gasteiger partial charge in [-0.25, -0.2) is 5.43 Å². The smallest absolute Gasteiger partial charge is 0.271 e. The minimum Gasteiger partial charge on any atom is -0.496 e. The molecule has 1 fully saturated rings. The molecule has 1 aliphatic carbocycles. The molecule has 1 saturated carbocycles. The van der Waals surface area contributed by atoms with Crippen molar-refractivity contribution >= 4 is 23.7 Å². The summed E-state index contributed by atoms with van der Waals surface area (Å²) >= 11 is 0. The van der Waals surface area contributed by atoms with Gasteiger partial charge in [-0.05, 0) is 49.2 Å². The van der Waals surface area contributed by atoms with E-state index in [2.05, 4.69) is 15.8 Å². The first-order valence-corrected chi connectivity index (χ1v) is 9.54. The van der Waals surface area contributed by atoms with Crippen molar-refractivity contribution in [2.24, 2.45) is 11.0 Å². The van der Waals surface area contributed by atoms with E-state index in [4.69, 9.17) is 4.74 Å². The fourth-order valence-corrected chi connectivity index (χ4v) is 3.31. The van der Waals surface area contributed by atoms with E-state index in [0.29, 0.717) is 17.0 Å². The molecule has 0 heterocycles. The summed E-state index contributed by atoms with van der Waals surface area (Å²) in [5.41, 5.74) is 4.43. The van der Waals surface area contributed by atoms with Crippen LogP contribution >= 0.6 is 0 Å². The summed E-state index contributed by atoms with van der Waals surface area (Å²) in [6.07, 6.45) is 6.90. The van der Waals surface area contributed by atoms with Gasteiger partial charge in [-0.1, -0.05) is 31.4 Å². The first kappa shape index (κ1) is 19.6. The van der Waals surface area contributed by atoms with Gasteiger partial charge in [0.2, 0.25) is 5.91 Å². The van der Waals surface area contributed by atoms with E-state index in [-0.39, 0.29) is 17.7 Å². The van der Waals surface area contributed by atoms with Gasteiger partial charge >= 0.3 is 0 Å². The molecule has 0 aliphatic heterocycles. The van der Waals surface area contributed by atoms with Crippen LogP contribution in [0.1, 0.15) is 48.0 Å². The predicted octanol–water partition coefficient (Wildman–Crippen LogP) is 3.98. The molecular formula is C22H25N3O3. The summed E-state index contributed by atoms with van der Waals surface area (Å²) in [6, 6.07) is 14.2. The van der Waals surface area contributed by atoms with Gasteiger partial charge in [0.05, 0.1) is 13.3 Å². The SMILES string of the molecule is COc1ccccc1/C=N\NC(=O)c1ccc(NC(=O)C2CCCCC2)cc1. The molecule has 6 heteroatoms. The fraction of sp³-hybridized carbons (Fsp3) is 0.318. The Morgan fingerprint density at radius 3 is 2.46 bits per heavy atom. The Hall–Kier alpha value is -3.15. The van der Waals surface area contributed by atoms with Crippen LogP contribution in [-0.4, -0.2) is 25.1 Å². The first-order chi connectivity index (χ1) is 13.7. The van der Waals surface area contributed by atoms with E-state index in [1.54, 1.807) is 31.4 Å². The van der Waals surface area contributed by atoms with Crippen LogP contribution in [0.4, 0.5) is 5.69 Å². The predicted molar refractivity (Wildman–Crippen MR) is 110 cm³/mol. The molecule has 0 bridgehead atoms. The van der Waals surface area contributed by atoms with Crippen molar-refractivity contribution in [2.75, 3.05) is 12.4 Å². The molecule has 2 N–H and O–H groups in total. The van der Waals surface area contributed by atoms with Crippen molar-refractivity contribution in [2.45, 2.75) is 32.1 Å². The molecule has 0 spiro atoms. The number of hydrogen-bond donors (Lipinski definition) is 2. The number of carbonyl (C=O) groups excluding carboxylic acids is 2. The molecule has 2 amide bonds. The van der Waals surface area contributed by atoms with Crippen LogP contribution in [0.5, 0.6) is 5.75 Å². The largest absolute Gasteiger partial charge is 0.496 e. The Bertz CT molecular complexity index is 840. The van der Waals surface area contributed by atoms with Crippen molar-refractivity contribution in [3.63, 3.8) is 0 Å². The number of carbonyl (C=O) groups is 2. The highest BCUT2D eigenvalue weighted by Crippen LogP contribution is 2.25. The Morgan fingerprint density at radius 2 is 1.75 bits per heavy atom. The number of rotatable bonds is 6. The van der Waals surface area contributed by atoms with Gasteiger partial charge in [-0.3, -0.25) is 9.59 Å². The molecule has 0 atom stereocenters. The van der Waals surface area contributed by atoms with E-state index in [9.17, 15) is 9.59 Å². The number of ether oxygens (including phenoxy) is 1. The van der Waals surface area contributed by atoms with Crippen LogP contribution in [0.15, 0.2) is 53.6 Å². The van der Waals surface area contributed by atoms with E-state index in [1.165, 1.54) is 12.6 Å². The number of nitrogens with one attached hydrogen (secondary N) is 2. The molecular weight excluding hydrogens is 354 g/mol.